The lowest BCUT2D eigenvalue weighted by Gasteiger charge is -2.26. The monoisotopic (exact) mass is 269 g/mol. The molecule has 0 aliphatic rings. The van der Waals surface area contributed by atoms with Crippen LogP contribution in [0.4, 0.5) is 4.39 Å². The van der Waals surface area contributed by atoms with E-state index < -0.39 is 11.5 Å². The van der Waals surface area contributed by atoms with Crippen molar-refractivity contribution in [3.63, 3.8) is 0 Å². The summed E-state index contributed by atoms with van der Waals surface area (Å²) < 4.78 is 18.6. The van der Waals surface area contributed by atoms with Crippen LogP contribution in [0.5, 0.6) is 5.75 Å². The van der Waals surface area contributed by atoms with Crippen LogP contribution >= 0.6 is 0 Å². The number of ether oxygens (including phenoxy) is 1. The summed E-state index contributed by atoms with van der Waals surface area (Å²) in [6.45, 7) is 5.73. The van der Waals surface area contributed by atoms with Crippen molar-refractivity contribution in [2.75, 3.05) is 13.2 Å². The zero-order valence-corrected chi connectivity index (χ0v) is 11.5. The van der Waals surface area contributed by atoms with Crippen LogP contribution in [-0.2, 0) is 4.79 Å². The van der Waals surface area contributed by atoms with Gasteiger partial charge in [-0.3, -0.25) is 10.1 Å². The van der Waals surface area contributed by atoms with Gasteiger partial charge < -0.3 is 9.84 Å². The molecule has 0 aliphatic carbocycles. The Morgan fingerprint density at radius 3 is 2.74 bits per heavy atom. The molecule has 5 heteroatoms. The first-order valence-electron chi connectivity index (χ1n) is 6.26. The third-order valence-electron chi connectivity index (χ3n) is 2.89. The summed E-state index contributed by atoms with van der Waals surface area (Å²) in [5.41, 5.74) is -0.686. The zero-order chi connectivity index (χ0) is 14.5. The minimum absolute atomic E-state index is 0.0204. The number of rotatable bonds is 7. The third kappa shape index (κ3) is 4.21. The van der Waals surface area contributed by atoms with Crippen molar-refractivity contribution >= 4 is 5.97 Å². The quantitative estimate of drug-likeness (QED) is 0.797. The van der Waals surface area contributed by atoms with Crippen LogP contribution in [0.25, 0.3) is 0 Å². The van der Waals surface area contributed by atoms with Crippen LogP contribution in [0.15, 0.2) is 18.2 Å². The van der Waals surface area contributed by atoms with Gasteiger partial charge in [0.15, 0.2) is 0 Å². The molecule has 4 nitrogen and oxygen atoms in total. The van der Waals surface area contributed by atoms with Crippen molar-refractivity contribution in [2.45, 2.75) is 32.7 Å². The number of hydrogen-bond donors (Lipinski definition) is 2. The molecule has 2 N–H and O–H groups in total. The molecule has 0 aromatic heterocycles. The fourth-order valence-electron chi connectivity index (χ4n) is 1.52. The third-order valence-corrected chi connectivity index (χ3v) is 2.89. The highest BCUT2D eigenvalue weighted by Gasteiger charge is 2.33. The van der Waals surface area contributed by atoms with E-state index in [-0.39, 0.29) is 12.4 Å². The zero-order valence-electron chi connectivity index (χ0n) is 11.5. The lowest BCUT2D eigenvalue weighted by atomic mass is 10.0. The maximum Gasteiger partial charge on any atom is 0.327 e. The largest absolute Gasteiger partial charge is 0.491 e. The number of carboxylic acid groups (broad SMARTS) is 1. The van der Waals surface area contributed by atoms with Crippen LogP contribution < -0.4 is 10.1 Å². The van der Waals surface area contributed by atoms with Crippen LogP contribution in [0.2, 0.25) is 0 Å². The molecular weight excluding hydrogens is 249 g/mol. The normalized spacial score (nSPS) is 13.9. The number of halogens is 1. The molecule has 1 rings (SSSR count). The molecule has 19 heavy (non-hydrogen) atoms. The predicted molar refractivity (Wildman–Crippen MR) is 71.0 cm³/mol. The summed E-state index contributed by atoms with van der Waals surface area (Å²) in [7, 11) is 0. The molecule has 0 bridgehead atoms. The summed E-state index contributed by atoms with van der Waals surface area (Å²) in [5.74, 6) is -0.818. The van der Waals surface area contributed by atoms with Crippen LogP contribution in [0.1, 0.15) is 25.8 Å². The number of carboxylic acids is 1. The number of aryl methyl sites for hydroxylation is 1. The van der Waals surface area contributed by atoms with E-state index in [1.54, 1.807) is 19.9 Å². The lowest BCUT2D eigenvalue weighted by molar-refractivity contribution is -0.145. The summed E-state index contributed by atoms with van der Waals surface area (Å²) in [6, 6.07) is 4.35. The SMILES string of the molecule is CCCNC(C)(COc1ccc(F)c(C)c1)C(=O)O. The lowest BCUT2D eigenvalue weighted by Crippen LogP contribution is -2.54. The van der Waals surface area contributed by atoms with E-state index in [9.17, 15) is 14.3 Å². The second-order valence-electron chi connectivity index (χ2n) is 4.76. The average molecular weight is 269 g/mol. The molecule has 0 heterocycles. The van der Waals surface area contributed by atoms with Crippen LogP contribution in [0, 0.1) is 12.7 Å². The molecule has 0 amide bonds. The maximum absolute atomic E-state index is 13.1. The van der Waals surface area contributed by atoms with Gasteiger partial charge in [0, 0.05) is 0 Å². The van der Waals surface area contributed by atoms with Gasteiger partial charge in [-0.1, -0.05) is 6.92 Å². The van der Waals surface area contributed by atoms with Gasteiger partial charge in [-0.25, -0.2) is 4.39 Å². The van der Waals surface area contributed by atoms with E-state index in [2.05, 4.69) is 5.32 Å². The molecule has 0 fully saturated rings. The molecule has 0 saturated carbocycles. The molecule has 1 aromatic rings. The van der Waals surface area contributed by atoms with E-state index >= 15 is 0 Å². The Morgan fingerprint density at radius 1 is 1.53 bits per heavy atom. The molecule has 1 atom stereocenters. The average Bonchev–Trinajstić information content (AvgIpc) is 2.37. The number of nitrogens with one attached hydrogen (secondary N) is 1. The summed E-state index contributed by atoms with van der Waals surface area (Å²) >= 11 is 0. The Morgan fingerprint density at radius 2 is 2.21 bits per heavy atom. The van der Waals surface area contributed by atoms with Gasteiger partial charge in [0.1, 0.15) is 23.7 Å². The van der Waals surface area contributed by atoms with Gasteiger partial charge in [-0.15, -0.1) is 0 Å². The van der Waals surface area contributed by atoms with Crippen LogP contribution in [-0.4, -0.2) is 29.8 Å². The van der Waals surface area contributed by atoms with E-state index in [4.69, 9.17) is 4.74 Å². The number of carbonyl (C=O) groups is 1. The highest BCUT2D eigenvalue weighted by Crippen LogP contribution is 2.17. The Labute approximate surface area is 112 Å². The number of benzene rings is 1. The molecule has 0 radical (unpaired) electrons. The Hall–Kier alpha value is -1.62. The van der Waals surface area contributed by atoms with E-state index in [0.29, 0.717) is 17.9 Å². The molecule has 1 unspecified atom stereocenters. The van der Waals surface area contributed by atoms with Gasteiger partial charge in [-0.05, 0) is 50.6 Å². The Bertz CT molecular complexity index is 450. The van der Waals surface area contributed by atoms with E-state index in [1.165, 1.54) is 12.1 Å². The first kappa shape index (κ1) is 15.4. The first-order valence-corrected chi connectivity index (χ1v) is 6.26. The van der Waals surface area contributed by atoms with Crippen molar-refractivity contribution < 1.29 is 19.0 Å². The predicted octanol–water partition coefficient (Wildman–Crippen LogP) is 2.36. The molecule has 106 valence electrons. The smallest absolute Gasteiger partial charge is 0.327 e. The standard InChI is InChI=1S/C14H20FNO3/c1-4-7-16-14(3,13(17)18)9-19-11-5-6-12(15)10(2)8-11/h5-6,8,16H,4,7,9H2,1-3H3,(H,17,18). The molecular formula is C14H20FNO3. The van der Waals surface area contributed by atoms with Crippen molar-refractivity contribution in [2.24, 2.45) is 0 Å². The minimum atomic E-state index is -1.15. The highest BCUT2D eigenvalue weighted by molar-refractivity contribution is 5.78. The molecule has 0 aliphatic heterocycles. The van der Waals surface area contributed by atoms with Crippen LogP contribution in [0.3, 0.4) is 0 Å². The second kappa shape index (κ2) is 6.52. The fraction of sp³-hybridized carbons (Fsp3) is 0.500. The van der Waals surface area contributed by atoms with Gasteiger partial charge in [-0.2, -0.15) is 0 Å². The van der Waals surface area contributed by atoms with Crippen molar-refractivity contribution in [3.05, 3.63) is 29.6 Å². The number of aliphatic carboxylic acids is 1. The van der Waals surface area contributed by atoms with Gasteiger partial charge in [0.05, 0.1) is 0 Å². The molecule has 1 aromatic carbocycles. The summed E-state index contributed by atoms with van der Waals surface area (Å²) in [5, 5.41) is 12.2. The van der Waals surface area contributed by atoms with Crippen molar-refractivity contribution in [1.82, 2.24) is 5.32 Å². The summed E-state index contributed by atoms with van der Waals surface area (Å²) in [6.07, 6.45) is 0.832. The topological polar surface area (TPSA) is 58.6 Å². The molecule has 0 spiro atoms. The minimum Gasteiger partial charge on any atom is -0.491 e. The van der Waals surface area contributed by atoms with E-state index in [1.807, 2.05) is 6.92 Å². The maximum atomic E-state index is 13.1. The fourth-order valence-corrected chi connectivity index (χ4v) is 1.52. The summed E-state index contributed by atoms with van der Waals surface area (Å²) in [4.78, 5) is 11.3. The van der Waals surface area contributed by atoms with Gasteiger partial charge in [0.25, 0.3) is 0 Å². The first-order chi connectivity index (χ1) is 8.89. The highest BCUT2D eigenvalue weighted by atomic mass is 19.1. The van der Waals surface area contributed by atoms with Crippen molar-refractivity contribution in [3.8, 4) is 5.75 Å². The van der Waals surface area contributed by atoms with Crippen molar-refractivity contribution in [1.29, 1.82) is 0 Å². The van der Waals surface area contributed by atoms with Gasteiger partial charge in [0.2, 0.25) is 0 Å². The Balaban J connectivity index is 2.70. The number of hydrogen-bond acceptors (Lipinski definition) is 3. The second-order valence-corrected chi connectivity index (χ2v) is 4.76. The van der Waals surface area contributed by atoms with Gasteiger partial charge >= 0.3 is 5.97 Å². The van der Waals surface area contributed by atoms with E-state index in [0.717, 1.165) is 6.42 Å². The molecule has 0 saturated heterocycles. The Kier molecular flexibility index (Phi) is 5.30.